The van der Waals surface area contributed by atoms with Crippen LogP contribution in [0.15, 0.2) is 29.8 Å². The number of fused-ring (bicyclic) bond motifs is 1. The molecule has 0 aliphatic heterocycles. The highest BCUT2D eigenvalue weighted by Crippen LogP contribution is 2.30. The molecule has 2 N–H and O–H groups in total. The minimum Gasteiger partial charge on any atom is -0.497 e. The first-order chi connectivity index (χ1) is 11.1. The van der Waals surface area contributed by atoms with E-state index < -0.39 is 6.29 Å². The molecule has 0 amide bonds. The molecule has 0 fully saturated rings. The number of likely N-dealkylation sites (N-methyl/N-ethyl adjacent to an activating group) is 1. The first-order valence-corrected chi connectivity index (χ1v) is 7.79. The molecule has 0 atom stereocenters. The predicted octanol–water partition coefficient (Wildman–Crippen LogP) is 1.51. The molecule has 8 heteroatoms. The highest BCUT2D eigenvalue weighted by atomic mass is 32.1. The maximum Gasteiger partial charge on any atom is 0.181 e. The number of nitrogens with zero attached hydrogens (tertiary/aromatic N) is 4. The van der Waals surface area contributed by atoms with Crippen molar-refractivity contribution >= 4 is 27.4 Å². The Morgan fingerprint density at radius 2 is 2.13 bits per heavy atom. The molecule has 0 aliphatic rings. The Morgan fingerprint density at radius 3 is 2.87 bits per heavy atom. The maximum absolute atomic E-state index is 9.21. The zero-order valence-electron chi connectivity index (χ0n) is 12.7. The number of aromatic nitrogens is 3. The summed E-state index contributed by atoms with van der Waals surface area (Å²) in [4.78, 5) is 15.9. The Bertz CT molecular complexity index is 821. The van der Waals surface area contributed by atoms with Gasteiger partial charge in [0.2, 0.25) is 0 Å². The van der Waals surface area contributed by atoms with Crippen molar-refractivity contribution < 1.29 is 14.9 Å². The van der Waals surface area contributed by atoms with E-state index >= 15 is 0 Å². The van der Waals surface area contributed by atoms with Crippen LogP contribution in [-0.2, 0) is 0 Å². The summed E-state index contributed by atoms with van der Waals surface area (Å²) in [5.41, 5.74) is 0.596. The van der Waals surface area contributed by atoms with Crippen LogP contribution in [0.5, 0.6) is 5.75 Å². The van der Waals surface area contributed by atoms with Crippen molar-refractivity contribution in [3.8, 4) is 17.3 Å². The zero-order chi connectivity index (χ0) is 16.4. The second-order valence-corrected chi connectivity index (χ2v) is 5.85. The van der Waals surface area contributed by atoms with Gasteiger partial charge in [-0.3, -0.25) is 4.98 Å². The molecule has 7 nitrogen and oxygen atoms in total. The molecule has 0 radical (unpaired) electrons. The second kappa shape index (κ2) is 6.45. The molecule has 3 rings (SSSR count). The van der Waals surface area contributed by atoms with E-state index in [0.29, 0.717) is 23.1 Å². The molecular weight excluding hydrogens is 316 g/mol. The van der Waals surface area contributed by atoms with Gasteiger partial charge in [0.25, 0.3) is 0 Å². The Balaban J connectivity index is 2.11. The number of thiophene rings is 1. The average Bonchev–Trinajstić information content (AvgIpc) is 3.01. The van der Waals surface area contributed by atoms with E-state index in [1.54, 1.807) is 37.4 Å². The van der Waals surface area contributed by atoms with Crippen molar-refractivity contribution in [1.29, 1.82) is 0 Å². The van der Waals surface area contributed by atoms with Crippen molar-refractivity contribution in [2.75, 3.05) is 25.6 Å². The van der Waals surface area contributed by atoms with Crippen LogP contribution < -0.4 is 9.64 Å². The fourth-order valence-corrected chi connectivity index (χ4v) is 3.00. The third-order valence-corrected chi connectivity index (χ3v) is 4.11. The van der Waals surface area contributed by atoms with Gasteiger partial charge in [-0.25, -0.2) is 9.97 Å². The normalized spacial score (nSPS) is 11.2. The van der Waals surface area contributed by atoms with Crippen molar-refractivity contribution in [2.24, 2.45) is 0 Å². The summed E-state index contributed by atoms with van der Waals surface area (Å²) >= 11 is 1.49. The number of hydrogen-bond acceptors (Lipinski definition) is 8. The van der Waals surface area contributed by atoms with Gasteiger partial charge < -0.3 is 19.8 Å². The minimum atomic E-state index is -1.44. The van der Waals surface area contributed by atoms with Gasteiger partial charge in [0, 0.05) is 19.3 Å². The highest BCUT2D eigenvalue weighted by molar-refractivity contribution is 7.16. The van der Waals surface area contributed by atoms with Crippen LogP contribution in [-0.4, -0.2) is 52.2 Å². The molecule has 0 spiro atoms. The molecule has 0 saturated carbocycles. The molecule has 120 valence electrons. The molecule has 0 unspecified atom stereocenters. The van der Waals surface area contributed by atoms with E-state index in [2.05, 4.69) is 15.0 Å². The van der Waals surface area contributed by atoms with Gasteiger partial charge in [-0.2, -0.15) is 0 Å². The number of anilines is 1. The van der Waals surface area contributed by atoms with Crippen LogP contribution in [0, 0.1) is 0 Å². The van der Waals surface area contributed by atoms with Crippen LogP contribution in [0.25, 0.3) is 21.7 Å². The lowest BCUT2D eigenvalue weighted by molar-refractivity contribution is -0.0315. The van der Waals surface area contributed by atoms with Gasteiger partial charge in [0.05, 0.1) is 19.0 Å². The highest BCUT2D eigenvalue weighted by Gasteiger charge is 2.16. The minimum absolute atomic E-state index is 0.0486. The predicted molar refractivity (Wildman–Crippen MR) is 88.7 cm³/mol. The number of rotatable bonds is 5. The Hall–Kier alpha value is -2.29. The summed E-state index contributed by atoms with van der Waals surface area (Å²) in [7, 11) is 3.34. The van der Waals surface area contributed by atoms with Gasteiger partial charge in [0.15, 0.2) is 12.1 Å². The van der Waals surface area contributed by atoms with E-state index in [4.69, 9.17) is 4.74 Å². The number of aliphatic hydroxyl groups excluding tert-OH is 1. The molecule has 3 aromatic heterocycles. The summed E-state index contributed by atoms with van der Waals surface area (Å²) in [6, 6.07) is 5.43. The monoisotopic (exact) mass is 332 g/mol. The second-order valence-electron chi connectivity index (χ2n) is 4.95. The quantitative estimate of drug-likeness (QED) is 0.684. The van der Waals surface area contributed by atoms with Gasteiger partial charge in [0.1, 0.15) is 22.1 Å². The summed E-state index contributed by atoms with van der Waals surface area (Å²) in [6.07, 6.45) is 0.193. The summed E-state index contributed by atoms with van der Waals surface area (Å²) in [6.45, 7) is 0.0486. The van der Waals surface area contributed by atoms with E-state index in [-0.39, 0.29) is 6.54 Å². The van der Waals surface area contributed by atoms with Crippen LogP contribution in [0.3, 0.4) is 0 Å². The van der Waals surface area contributed by atoms with E-state index in [1.807, 2.05) is 11.4 Å². The third-order valence-electron chi connectivity index (χ3n) is 3.30. The summed E-state index contributed by atoms with van der Waals surface area (Å²) in [5, 5.41) is 21.2. The fraction of sp³-hybridized carbons (Fsp3) is 0.267. The first-order valence-electron chi connectivity index (χ1n) is 6.91. The standard InChI is InChI=1S/C15H16N4O3S/c1-19(8-12(20)21)14-10-4-6-23-15(10)18-13(17-14)11-7-9(22-2)3-5-16-11/h3-7,12,20-21H,8H2,1-2H3. The lowest BCUT2D eigenvalue weighted by atomic mass is 10.3. The molecule has 0 aliphatic carbocycles. The van der Waals surface area contributed by atoms with Gasteiger partial charge in [-0.05, 0) is 17.5 Å². The van der Waals surface area contributed by atoms with Crippen molar-refractivity contribution in [1.82, 2.24) is 15.0 Å². The number of hydrogen-bond donors (Lipinski definition) is 2. The van der Waals surface area contributed by atoms with Crippen molar-refractivity contribution in [3.05, 3.63) is 29.8 Å². The first kappa shape index (κ1) is 15.6. The number of pyridine rings is 1. The van der Waals surface area contributed by atoms with E-state index in [0.717, 1.165) is 10.2 Å². The van der Waals surface area contributed by atoms with Crippen LogP contribution >= 0.6 is 11.3 Å². The molecule has 0 bridgehead atoms. The lowest BCUT2D eigenvalue weighted by Gasteiger charge is -2.20. The summed E-state index contributed by atoms with van der Waals surface area (Å²) in [5.74, 6) is 1.77. The number of ether oxygens (including phenoxy) is 1. The Labute approximate surface area is 136 Å². The molecule has 3 aromatic rings. The van der Waals surface area contributed by atoms with E-state index in [9.17, 15) is 10.2 Å². The molecule has 0 aromatic carbocycles. The zero-order valence-corrected chi connectivity index (χ0v) is 13.5. The number of methoxy groups -OCH3 is 1. The van der Waals surface area contributed by atoms with Crippen LogP contribution in [0.1, 0.15) is 0 Å². The molecular formula is C15H16N4O3S. The largest absolute Gasteiger partial charge is 0.497 e. The third kappa shape index (κ3) is 3.24. The van der Waals surface area contributed by atoms with Crippen LogP contribution in [0.2, 0.25) is 0 Å². The molecule has 0 saturated heterocycles. The van der Waals surface area contributed by atoms with Crippen molar-refractivity contribution in [2.45, 2.75) is 6.29 Å². The fourth-order valence-electron chi connectivity index (χ4n) is 2.24. The van der Waals surface area contributed by atoms with Crippen molar-refractivity contribution in [3.63, 3.8) is 0 Å². The van der Waals surface area contributed by atoms with E-state index in [1.165, 1.54) is 11.3 Å². The number of aliphatic hydroxyl groups is 2. The van der Waals surface area contributed by atoms with Gasteiger partial charge in [-0.15, -0.1) is 11.3 Å². The van der Waals surface area contributed by atoms with Gasteiger partial charge in [-0.1, -0.05) is 0 Å². The Kier molecular flexibility index (Phi) is 4.37. The average molecular weight is 332 g/mol. The maximum atomic E-state index is 9.21. The molecule has 23 heavy (non-hydrogen) atoms. The topological polar surface area (TPSA) is 91.6 Å². The summed E-state index contributed by atoms with van der Waals surface area (Å²) < 4.78 is 5.21. The SMILES string of the molecule is COc1ccnc(-c2nc(N(C)CC(O)O)c3ccsc3n2)c1. The van der Waals surface area contributed by atoms with Gasteiger partial charge >= 0.3 is 0 Å². The molecule has 3 heterocycles. The lowest BCUT2D eigenvalue weighted by Crippen LogP contribution is -2.29. The Morgan fingerprint density at radius 1 is 1.30 bits per heavy atom. The van der Waals surface area contributed by atoms with Crippen LogP contribution in [0.4, 0.5) is 5.82 Å². The smallest absolute Gasteiger partial charge is 0.181 e.